The zero-order valence-electron chi connectivity index (χ0n) is 18.8. The minimum absolute atomic E-state index is 0.152. The molecule has 0 aliphatic heterocycles. The number of ether oxygens (including phenoxy) is 2. The van der Waals surface area contributed by atoms with Gasteiger partial charge in [0.25, 0.3) is 5.91 Å². The number of amides is 1. The second-order valence-electron chi connectivity index (χ2n) is 7.66. The number of hydrogen-bond acceptors (Lipinski definition) is 5. The minimum Gasteiger partial charge on any atom is -0.487 e. The van der Waals surface area contributed by atoms with Crippen LogP contribution in [0.5, 0.6) is 11.5 Å². The average Bonchev–Trinajstić information content (AvgIpc) is 2.87. The lowest BCUT2D eigenvalue weighted by Gasteiger charge is -2.11. The van der Waals surface area contributed by atoms with Crippen LogP contribution in [-0.2, 0) is 11.4 Å². The minimum atomic E-state index is -0.961. The summed E-state index contributed by atoms with van der Waals surface area (Å²) in [5.74, 6) is 0.0442. The first kappa shape index (κ1) is 25.9. The van der Waals surface area contributed by atoms with Crippen molar-refractivity contribution in [1.29, 1.82) is 0 Å². The molecule has 0 aliphatic carbocycles. The number of benzene rings is 4. The monoisotopic (exact) mass is 706 g/mol. The van der Waals surface area contributed by atoms with Crippen molar-refractivity contribution in [3.8, 4) is 11.5 Å². The summed E-state index contributed by atoms with van der Waals surface area (Å²) in [7, 11) is 0. The Morgan fingerprint density at radius 2 is 1.61 bits per heavy atom. The van der Waals surface area contributed by atoms with Crippen molar-refractivity contribution in [2.45, 2.75) is 6.61 Å². The van der Waals surface area contributed by atoms with Crippen LogP contribution in [-0.4, -0.2) is 29.8 Å². The van der Waals surface area contributed by atoms with Gasteiger partial charge in [-0.2, -0.15) is 5.10 Å². The van der Waals surface area contributed by atoms with Crippen LogP contribution < -0.4 is 14.9 Å². The highest BCUT2D eigenvalue weighted by atomic mass is 127. The Balaban J connectivity index is 1.31. The molecule has 182 valence electrons. The largest absolute Gasteiger partial charge is 0.487 e. The van der Waals surface area contributed by atoms with Crippen molar-refractivity contribution in [3.05, 3.63) is 103 Å². The Bertz CT molecular complexity index is 1410. The molecule has 9 heteroatoms. The van der Waals surface area contributed by atoms with Gasteiger partial charge in [-0.15, -0.1) is 0 Å². The van der Waals surface area contributed by atoms with Crippen molar-refractivity contribution >= 4 is 74.0 Å². The maximum atomic E-state index is 12.2. The van der Waals surface area contributed by atoms with E-state index in [2.05, 4.69) is 55.7 Å². The summed E-state index contributed by atoms with van der Waals surface area (Å²) in [6.45, 7) is 0.159. The van der Waals surface area contributed by atoms with E-state index in [1.807, 2.05) is 54.6 Å². The van der Waals surface area contributed by atoms with Crippen LogP contribution in [0.25, 0.3) is 10.8 Å². The lowest BCUT2D eigenvalue weighted by atomic mass is 10.1. The van der Waals surface area contributed by atoms with Crippen molar-refractivity contribution in [2.75, 3.05) is 6.61 Å². The van der Waals surface area contributed by atoms with Crippen molar-refractivity contribution < 1.29 is 24.2 Å². The number of carbonyl (C=O) groups is 2. The number of carboxylic acid groups (broad SMARTS) is 1. The smallest absolute Gasteiger partial charge is 0.335 e. The number of fused-ring (bicyclic) bond motifs is 1. The summed E-state index contributed by atoms with van der Waals surface area (Å²) in [5, 5.41) is 15.0. The molecule has 4 aromatic rings. The second-order valence-corrected chi connectivity index (χ2v) is 9.99. The van der Waals surface area contributed by atoms with Crippen LogP contribution in [0, 0.1) is 7.14 Å². The van der Waals surface area contributed by atoms with Gasteiger partial charge in [-0.1, -0.05) is 48.5 Å². The van der Waals surface area contributed by atoms with E-state index in [0.717, 1.165) is 34.8 Å². The SMILES string of the molecule is O=C(COc1cccc2ccccc12)N/N=C/c1cc(I)c(OCc2ccc(C(=O)O)cc2)c(I)c1. The van der Waals surface area contributed by atoms with Crippen molar-refractivity contribution in [3.63, 3.8) is 0 Å². The van der Waals surface area contributed by atoms with Gasteiger partial charge < -0.3 is 14.6 Å². The molecule has 0 heterocycles. The molecule has 0 atom stereocenters. The summed E-state index contributed by atoms with van der Waals surface area (Å²) in [6, 6.07) is 23.9. The highest BCUT2D eigenvalue weighted by molar-refractivity contribution is 14.1. The van der Waals surface area contributed by atoms with Gasteiger partial charge in [0.05, 0.1) is 18.9 Å². The number of rotatable bonds is 9. The highest BCUT2D eigenvalue weighted by Gasteiger charge is 2.10. The number of aromatic carboxylic acids is 1. The molecule has 4 rings (SSSR count). The molecule has 0 aromatic heterocycles. The lowest BCUT2D eigenvalue weighted by molar-refractivity contribution is -0.123. The van der Waals surface area contributed by atoms with E-state index in [-0.39, 0.29) is 18.1 Å². The van der Waals surface area contributed by atoms with Crippen LogP contribution in [0.3, 0.4) is 0 Å². The first-order valence-electron chi connectivity index (χ1n) is 10.8. The molecule has 1 amide bonds. The Morgan fingerprint density at radius 1 is 0.917 bits per heavy atom. The Morgan fingerprint density at radius 3 is 2.33 bits per heavy atom. The predicted octanol–water partition coefficient (Wildman–Crippen LogP) is 5.86. The molecule has 0 spiro atoms. The Labute approximate surface area is 234 Å². The maximum Gasteiger partial charge on any atom is 0.335 e. The summed E-state index contributed by atoms with van der Waals surface area (Å²) in [6.07, 6.45) is 1.56. The molecule has 7 nitrogen and oxygen atoms in total. The molecular formula is C27H20I2N2O5. The first-order valence-corrected chi connectivity index (χ1v) is 12.9. The van der Waals surface area contributed by atoms with Crippen molar-refractivity contribution in [1.82, 2.24) is 5.43 Å². The molecule has 0 radical (unpaired) electrons. The highest BCUT2D eigenvalue weighted by Crippen LogP contribution is 2.29. The normalized spacial score (nSPS) is 10.9. The third kappa shape index (κ3) is 6.72. The number of halogens is 2. The van der Waals surface area contributed by atoms with Crippen LogP contribution in [0.2, 0.25) is 0 Å². The van der Waals surface area contributed by atoms with Crippen LogP contribution >= 0.6 is 45.2 Å². The molecular weight excluding hydrogens is 686 g/mol. The average molecular weight is 706 g/mol. The zero-order chi connectivity index (χ0) is 25.5. The van der Waals surface area contributed by atoms with E-state index in [9.17, 15) is 9.59 Å². The first-order chi connectivity index (χ1) is 17.4. The van der Waals surface area contributed by atoms with Crippen LogP contribution in [0.1, 0.15) is 21.5 Å². The molecule has 4 aromatic carbocycles. The molecule has 0 saturated carbocycles. The fourth-order valence-corrected chi connectivity index (χ4v) is 5.49. The van der Waals surface area contributed by atoms with E-state index >= 15 is 0 Å². The third-order valence-corrected chi connectivity index (χ3v) is 6.72. The zero-order valence-corrected chi connectivity index (χ0v) is 23.1. The summed E-state index contributed by atoms with van der Waals surface area (Å²) in [4.78, 5) is 23.2. The number of hydrogen-bond donors (Lipinski definition) is 2. The third-order valence-electron chi connectivity index (χ3n) is 5.12. The molecule has 0 fully saturated rings. The fourth-order valence-electron chi connectivity index (χ4n) is 3.37. The number of carbonyl (C=O) groups excluding carboxylic acids is 1. The molecule has 2 N–H and O–H groups in total. The maximum absolute atomic E-state index is 12.2. The predicted molar refractivity (Wildman–Crippen MR) is 155 cm³/mol. The molecule has 36 heavy (non-hydrogen) atoms. The van der Waals surface area contributed by atoms with Crippen LogP contribution in [0.4, 0.5) is 0 Å². The van der Waals surface area contributed by atoms with Crippen molar-refractivity contribution in [2.24, 2.45) is 5.10 Å². The van der Waals surface area contributed by atoms with Gasteiger partial charge >= 0.3 is 5.97 Å². The van der Waals surface area contributed by atoms with Gasteiger partial charge in [0.2, 0.25) is 0 Å². The number of nitrogens with one attached hydrogen (secondary N) is 1. The molecule has 0 saturated heterocycles. The molecule has 0 bridgehead atoms. The van der Waals surface area contributed by atoms with E-state index in [1.54, 1.807) is 30.5 Å². The van der Waals surface area contributed by atoms with Gasteiger partial charge in [0, 0.05) is 5.39 Å². The van der Waals surface area contributed by atoms with E-state index < -0.39 is 5.97 Å². The van der Waals surface area contributed by atoms with E-state index in [4.69, 9.17) is 14.6 Å². The van der Waals surface area contributed by atoms with Crippen LogP contribution in [0.15, 0.2) is 84.0 Å². The van der Waals surface area contributed by atoms with E-state index in [1.165, 1.54) is 0 Å². The van der Waals surface area contributed by atoms with E-state index in [0.29, 0.717) is 12.4 Å². The Kier molecular flexibility index (Phi) is 8.75. The summed E-state index contributed by atoms with van der Waals surface area (Å²) >= 11 is 4.37. The molecule has 0 aliphatic rings. The van der Waals surface area contributed by atoms with Gasteiger partial charge in [0.15, 0.2) is 6.61 Å². The Hall–Kier alpha value is -3.19. The fraction of sp³-hybridized carbons (Fsp3) is 0.0741. The second kappa shape index (κ2) is 12.2. The summed E-state index contributed by atoms with van der Waals surface area (Å²) < 4.78 is 13.4. The van der Waals surface area contributed by atoms with Gasteiger partial charge in [-0.05, 0) is 92.0 Å². The number of hydrazone groups is 1. The van der Waals surface area contributed by atoms with Gasteiger partial charge in [-0.3, -0.25) is 4.79 Å². The molecule has 0 unspecified atom stereocenters. The number of carboxylic acids is 1. The lowest BCUT2D eigenvalue weighted by Crippen LogP contribution is -2.24. The topological polar surface area (TPSA) is 97.2 Å². The quantitative estimate of drug-likeness (QED) is 0.129. The van der Waals surface area contributed by atoms with Gasteiger partial charge in [0.1, 0.15) is 18.1 Å². The van der Waals surface area contributed by atoms with Gasteiger partial charge in [-0.25, -0.2) is 10.2 Å². The summed E-state index contributed by atoms with van der Waals surface area (Å²) in [5.41, 5.74) is 4.39. The number of nitrogens with zero attached hydrogens (tertiary/aromatic N) is 1. The standard InChI is InChI=1S/C27H20I2N2O5/c28-22-12-18(13-23(29)26(22)36-15-17-8-10-20(11-9-17)27(33)34)14-30-31-25(32)16-35-24-7-3-5-19-4-1-2-6-21(19)24/h1-14H,15-16H2,(H,31,32)(H,33,34)/b30-14+.